The summed E-state index contributed by atoms with van der Waals surface area (Å²) in [6.07, 6.45) is 0. The molecule has 0 saturated heterocycles. The molecule has 22 heavy (non-hydrogen) atoms. The van der Waals surface area contributed by atoms with Crippen LogP contribution in [0.25, 0.3) is 16.6 Å². The number of aryl methyl sites for hydroxylation is 2. The predicted molar refractivity (Wildman–Crippen MR) is 80.2 cm³/mol. The molecule has 1 aromatic heterocycles. The Kier molecular flexibility index (Phi) is 2.40. The maximum absolute atomic E-state index is 13.4. The molecule has 4 nitrogen and oxygen atoms in total. The molecule has 0 unspecified atom stereocenters. The Bertz CT molecular complexity index is 1050. The molecule has 2 aromatic carbocycles. The van der Waals surface area contributed by atoms with Crippen molar-refractivity contribution in [1.29, 1.82) is 0 Å². The lowest BCUT2D eigenvalue weighted by Gasteiger charge is -2.08. The van der Waals surface area contributed by atoms with E-state index in [9.17, 15) is 14.0 Å². The highest BCUT2D eigenvalue weighted by Crippen LogP contribution is 2.27. The number of carbonyl (C=O) groups is 1. The number of hydrogen-bond acceptors (Lipinski definition) is 3. The lowest BCUT2D eigenvalue weighted by atomic mass is 10.1. The highest BCUT2D eigenvalue weighted by atomic mass is 19.1. The minimum absolute atomic E-state index is 0.0463. The van der Waals surface area contributed by atoms with Crippen LogP contribution >= 0.6 is 0 Å². The van der Waals surface area contributed by atoms with Gasteiger partial charge < -0.3 is 0 Å². The van der Waals surface area contributed by atoms with Gasteiger partial charge in [-0.25, -0.2) is 9.37 Å². The van der Waals surface area contributed by atoms with Crippen molar-refractivity contribution < 1.29 is 9.18 Å². The van der Waals surface area contributed by atoms with Crippen LogP contribution in [0.2, 0.25) is 0 Å². The number of fused-ring (bicyclic) bond motifs is 4. The van der Waals surface area contributed by atoms with Gasteiger partial charge in [0.25, 0.3) is 5.56 Å². The van der Waals surface area contributed by atoms with E-state index in [1.165, 1.54) is 16.7 Å². The molecule has 108 valence electrons. The van der Waals surface area contributed by atoms with E-state index < -0.39 is 11.6 Å². The lowest BCUT2D eigenvalue weighted by molar-refractivity contribution is 0.103. The van der Waals surface area contributed by atoms with Gasteiger partial charge in [-0.1, -0.05) is 6.07 Å². The van der Waals surface area contributed by atoms with Crippen LogP contribution in [0.3, 0.4) is 0 Å². The van der Waals surface area contributed by atoms with E-state index in [4.69, 9.17) is 0 Å². The zero-order valence-electron chi connectivity index (χ0n) is 12.0. The zero-order chi connectivity index (χ0) is 15.6. The summed E-state index contributed by atoms with van der Waals surface area (Å²) in [5, 5.41) is 0.464. The number of aromatic nitrogens is 2. The van der Waals surface area contributed by atoms with Gasteiger partial charge in [0.15, 0.2) is 5.82 Å². The van der Waals surface area contributed by atoms with Gasteiger partial charge >= 0.3 is 0 Å². The number of nitrogens with zero attached hydrogens (tertiary/aromatic N) is 2. The first-order chi connectivity index (χ1) is 10.5. The molecule has 0 atom stereocenters. The van der Waals surface area contributed by atoms with Crippen LogP contribution in [0.5, 0.6) is 0 Å². The van der Waals surface area contributed by atoms with Crippen LogP contribution in [0.4, 0.5) is 4.39 Å². The van der Waals surface area contributed by atoms with E-state index in [1.54, 1.807) is 6.07 Å². The van der Waals surface area contributed by atoms with Crippen molar-refractivity contribution >= 4 is 16.7 Å². The summed E-state index contributed by atoms with van der Waals surface area (Å²) in [5.41, 5.74) is 2.57. The fraction of sp³-hybridized carbons (Fsp3) is 0.118. The topological polar surface area (TPSA) is 52.0 Å². The van der Waals surface area contributed by atoms with Crippen LogP contribution in [0.1, 0.15) is 27.3 Å². The SMILES string of the molecule is Cc1cc(C)c2nc3n(c(=O)c2c1)-c1ccc(F)cc1C3=O. The average molecular weight is 294 g/mol. The number of rotatable bonds is 0. The maximum atomic E-state index is 13.4. The van der Waals surface area contributed by atoms with Crippen LogP contribution in [0, 0.1) is 19.7 Å². The highest BCUT2D eigenvalue weighted by molar-refractivity contribution is 6.13. The molecule has 5 heteroatoms. The van der Waals surface area contributed by atoms with Crippen LogP contribution in [0.15, 0.2) is 35.1 Å². The molecule has 1 aliphatic heterocycles. The first-order valence-corrected chi connectivity index (χ1v) is 6.86. The number of halogens is 1. The minimum atomic E-state index is -0.510. The van der Waals surface area contributed by atoms with Crippen molar-refractivity contribution in [2.75, 3.05) is 0 Å². The third-order valence-electron chi connectivity index (χ3n) is 3.96. The molecule has 0 saturated carbocycles. The third-order valence-corrected chi connectivity index (χ3v) is 3.96. The van der Waals surface area contributed by atoms with E-state index in [2.05, 4.69) is 4.98 Å². The van der Waals surface area contributed by atoms with E-state index in [0.29, 0.717) is 16.6 Å². The van der Waals surface area contributed by atoms with E-state index in [-0.39, 0.29) is 16.9 Å². The van der Waals surface area contributed by atoms with Crippen molar-refractivity contribution in [3.8, 4) is 5.69 Å². The Labute approximate surface area is 124 Å². The van der Waals surface area contributed by atoms with Crippen molar-refractivity contribution in [2.24, 2.45) is 0 Å². The summed E-state index contributed by atoms with van der Waals surface area (Å²) in [5.74, 6) is -0.886. The normalized spacial score (nSPS) is 12.6. The number of hydrogen-bond donors (Lipinski definition) is 0. The van der Waals surface area contributed by atoms with E-state index >= 15 is 0 Å². The van der Waals surface area contributed by atoms with Crippen LogP contribution in [-0.2, 0) is 0 Å². The summed E-state index contributed by atoms with van der Waals surface area (Å²) >= 11 is 0. The molecule has 0 N–H and O–H groups in total. The fourth-order valence-electron chi connectivity index (χ4n) is 3.03. The van der Waals surface area contributed by atoms with Gasteiger partial charge in [-0.3, -0.25) is 14.2 Å². The van der Waals surface area contributed by atoms with Gasteiger partial charge in [-0.05, 0) is 49.2 Å². The second-order valence-corrected chi connectivity index (χ2v) is 5.54. The predicted octanol–water partition coefficient (Wildman–Crippen LogP) is 2.69. The van der Waals surface area contributed by atoms with Crippen LogP contribution < -0.4 is 5.56 Å². The Balaban J connectivity index is 2.20. The molecule has 0 fully saturated rings. The lowest BCUT2D eigenvalue weighted by Crippen LogP contribution is -2.22. The molecule has 1 aliphatic rings. The second-order valence-electron chi connectivity index (χ2n) is 5.54. The maximum Gasteiger partial charge on any atom is 0.266 e. The Hall–Kier alpha value is -2.82. The standard InChI is InChI=1S/C17H11FN2O2/c1-8-5-9(2)14-12(6-8)17(22)20-13-4-3-10(18)7-11(13)15(21)16(20)19-14/h3-7H,1-2H3. The molecule has 2 heterocycles. The Morgan fingerprint density at radius 2 is 1.86 bits per heavy atom. The highest BCUT2D eigenvalue weighted by Gasteiger charge is 2.30. The molecule has 0 amide bonds. The van der Waals surface area contributed by atoms with Crippen molar-refractivity contribution in [3.05, 3.63) is 69.0 Å². The van der Waals surface area contributed by atoms with Crippen LogP contribution in [-0.4, -0.2) is 15.3 Å². The Morgan fingerprint density at radius 1 is 1.09 bits per heavy atom. The van der Waals surface area contributed by atoms with Crippen molar-refractivity contribution in [3.63, 3.8) is 0 Å². The molecular formula is C17H11FN2O2. The van der Waals surface area contributed by atoms with Gasteiger partial charge in [-0.2, -0.15) is 0 Å². The summed E-state index contributed by atoms with van der Waals surface area (Å²) in [7, 11) is 0. The Morgan fingerprint density at radius 3 is 2.64 bits per heavy atom. The average Bonchev–Trinajstić information content (AvgIpc) is 2.74. The van der Waals surface area contributed by atoms with Crippen molar-refractivity contribution in [1.82, 2.24) is 9.55 Å². The first-order valence-electron chi connectivity index (χ1n) is 6.86. The number of carbonyl (C=O) groups excluding carboxylic acids is 1. The summed E-state index contributed by atoms with van der Waals surface area (Å²) < 4.78 is 14.7. The van der Waals surface area contributed by atoms with E-state index in [1.807, 2.05) is 19.9 Å². The monoisotopic (exact) mass is 294 g/mol. The smallest absolute Gasteiger partial charge is 0.266 e. The summed E-state index contributed by atoms with van der Waals surface area (Å²) in [4.78, 5) is 29.6. The fourth-order valence-corrected chi connectivity index (χ4v) is 3.03. The first kappa shape index (κ1) is 12.9. The summed E-state index contributed by atoms with van der Waals surface area (Å²) in [6.45, 7) is 3.75. The van der Waals surface area contributed by atoms with Gasteiger partial charge in [0, 0.05) is 0 Å². The number of ketones is 1. The molecule has 0 bridgehead atoms. The van der Waals surface area contributed by atoms with Crippen molar-refractivity contribution in [2.45, 2.75) is 13.8 Å². The largest absolute Gasteiger partial charge is 0.285 e. The zero-order valence-corrected chi connectivity index (χ0v) is 12.0. The van der Waals surface area contributed by atoms with E-state index in [0.717, 1.165) is 17.2 Å². The molecular weight excluding hydrogens is 283 g/mol. The van der Waals surface area contributed by atoms with Gasteiger partial charge in [0.1, 0.15) is 5.82 Å². The van der Waals surface area contributed by atoms with Gasteiger partial charge in [0.05, 0.1) is 22.2 Å². The molecule has 0 radical (unpaired) electrons. The second kappa shape index (κ2) is 4.10. The third kappa shape index (κ3) is 1.53. The summed E-state index contributed by atoms with van der Waals surface area (Å²) in [6, 6.07) is 7.50. The molecule has 0 aliphatic carbocycles. The molecule has 3 aromatic rings. The molecule has 4 rings (SSSR count). The molecule has 0 spiro atoms. The number of benzene rings is 2. The minimum Gasteiger partial charge on any atom is -0.285 e. The quantitative estimate of drug-likeness (QED) is 0.501. The van der Waals surface area contributed by atoms with Gasteiger partial charge in [-0.15, -0.1) is 0 Å². The van der Waals surface area contributed by atoms with Gasteiger partial charge in [0.2, 0.25) is 5.78 Å².